The van der Waals surface area contributed by atoms with Gasteiger partial charge < -0.3 is 15.4 Å². The second-order valence-electron chi connectivity index (χ2n) is 7.92. The van der Waals surface area contributed by atoms with Gasteiger partial charge in [0.15, 0.2) is 0 Å². The molecule has 1 amide bonds. The minimum absolute atomic E-state index is 0.105. The Labute approximate surface area is 192 Å². The highest BCUT2D eigenvalue weighted by molar-refractivity contribution is 8.00. The predicted octanol–water partition coefficient (Wildman–Crippen LogP) is 3.87. The normalized spacial score (nSPS) is 14.0. The zero-order valence-corrected chi connectivity index (χ0v) is 19.1. The van der Waals surface area contributed by atoms with Gasteiger partial charge in [-0.25, -0.2) is 14.8 Å². The summed E-state index contributed by atoms with van der Waals surface area (Å²) < 4.78 is 0. The monoisotopic (exact) mass is 466 g/mol. The Morgan fingerprint density at radius 1 is 1.28 bits per heavy atom. The van der Waals surface area contributed by atoms with Gasteiger partial charge in [0.25, 0.3) is 0 Å². The molecule has 1 aliphatic carbocycles. The number of nitrogens with zero attached hydrogens (tertiary/aromatic N) is 2. The zero-order valence-electron chi connectivity index (χ0n) is 17.5. The van der Waals surface area contributed by atoms with E-state index in [0.717, 1.165) is 51.0 Å². The number of amides is 1. The smallest absolute Gasteiger partial charge is 0.326 e. The molecule has 1 unspecified atom stereocenters. The van der Waals surface area contributed by atoms with E-state index in [9.17, 15) is 14.7 Å². The number of fused-ring (bicyclic) bond motifs is 4. The molecule has 1 aliphatic rings. The number of thioether (sulfide) groups is 1. The lowest BCUT2D eigenvalue weighted by atomic mass is 10.1. The number of carbonyl (C=O) groups excluding carboxylic acids is 1. The van der Waals surface area contributed by atoms with E-state index in [1.165, 1.54) is 22.2 Å². The van der Waals surface area contributed by atoms with Gasteiger partial charge in [0.2, 0.25) is 5.91 Å². The van der Waals surface area contributed by atoms with Crippen molar-refractivity contribution in [2.24, 2.45) is 0 Å². The molecule has 0 fully saturated rings. The van der Waals surface area contributed by atoms with E-state index in [4.69, 9.17) is 0 Å². The summed E-state index contributed by atoms with van der Waals surface area (Å²) >= 11 is 3.07. The number of aromatic amines is 1. The Balaban J connectivity index is 1.30. The van der Waals surface area contributed by atoms with E-state index < -0.39 is 12.0 Å². The first-order valence-corrected chi connectivity index (χ1v) is 12.3. The number of carbonyl (C=O) groups is 2. The SMILES string of the molecule is Cc1nc(SCC(=O)NC(Cc2c[nH]c3ccccc23)C(=O)O)c2c3c(sc2n1)CCC3. The number of aromatic nitrogens is 3. The van der Waals surface area contributed by atoms with E-state index in [1.807, 2.05) is 31.2 Å². The Kier molecular flexibility index (Phi) is 5.60. The van der Waals surface area contributed by atoms with Crippen molar-refractivity contribution in [3.63, 3.8) is 0 Å². The lowest BCUT2D eigenvalue weighted by molar-refractivity contribution is -0.141. The molecule has 3 N–H and O–H groups in total. The second-order valence-corrected chi connectivity index (χ2v) is 9.97. The lowest BCUT2D eigenvalue weighted by Gasteiger charge is -2.14. The molecule has 1 atom stereocenters. The van der Waals surface area contributed by atoms with Crippen LogP contribution in [0.25, 0.3) is 21.1 Å². The number of rotatable bonds is 7. The van der Waals surface area contributed by atoms with Crippen molar-refractivity contribution in [3.8, 4) is 0 Å². The average Bonchev–Trinajstić information content (AvgIpc) is 3.46. The molecule has 5 rings (SSSR count). The fraction of sp³-hybridized carbons (Fsp3) is 0.304. The standard InChI is InChI=1S/C23H22N4O3S2/c1-12-25-21(20-15-6-4-8-18(15)32-22(20)26-12)31-11-19(28)27-17(23(29)30)9-13-10-24-16-7-3-2-5-14(13)16/h2-3,5,7,10,17,24H,4,6,8-9,11H2,1H3,(H,27,28)(H,29,30). The molecule has 0 aliphatic heterocycles. The van der Waals surface area contributed by atoms with Crippen LogP contribution in [0.2, 0.25) is 0 Å². The molecule has 32 heavy (non-hydrogen) atoms. The van der Waals surface area contributed by atoms with Crippen molar-refractivity contribution in [2.45, 2.75) is 43.7 Å². The first kappa shape index (κ1) is 21.0. The van der Waals surface area contributed by atoms with Crippen LogP contribution >= 0.6 is 23.1 Å². The van der Waals surface area contributed by atoms with Crippen LogP contribution in [0.4, 0.5) is 0 Å². The Morgan fingerprint density at radius 2 is 2.12 bits per heavy atom. The number of para-hydroxylation sites is 1. The number of benzene rings is 1. The average molecular weight is 467 g/mol. The molecule has 7 nitrogen and oxygen atoms in total. The van der Waals surface area contributed by atoms with Gasteiger partial charge in [0.1, 0.15) is 21.7 Å². The van der Waals surface area contributed by atoms with Gasteiger partial charge in [-0.15, -0.1) is 11.3 Å². The number of aryl methyl sites for hydroxylation is 3. The summed E-state index contributed by atoms with van der Waals surface area (Å²) in [4.78, 5) is 39.2. The largest absolute Gasteiger partial charge is 0.480 e. The minimum Gasteiger partial charge on any atom is -0.480 e. The molecule has 0 radical (unpaired) electrons. The maximum absolute atomic E-state index is 12.7. The topological polar surface area (TPSA) is 108 Å². The number of hydrogen-bond acceptors (Lipinski definition) is 6. The maximum Gasteiger partial charge on any atom is 0.326 e. The summed E-state index contributed by atoms with van der Waals surface area (Å²) in [6.07, 6.45) is 5.26. The van der Waals surface area contributed by atoms with Crippen LogP contribution < -0.4 is 5.32 Å². The fourth-order valence-corrected chi connectivity index (χ4v) is 6.54. The van der Waals surface area contributed by atoms with Crippen LogP contribution in [0.5, 0.6) is 0 Å². The second kappa shape index (κ2) is 8.55. The molecular weight excluding hydrogens is 444 g/mol. The van der Waals surface area contributed by atoms with Crippen LogP contribution in [-0.4, -0.2) is 43.7 Å². The summed E-state index contributed by atoms with van der Waals surface area (Å²) in [5.41, 5.74) is 3.12. The Bertz CT molecular complexity index is 1340. The van der Waals surface area contributed by atoms with Crippen molar-refractivity contribution in [2.75, 3.05) is 5.75 Å². The van der Waals surface area contributed by atoms with E-state index in [0.29, 0.717) is 5.82 Å². The van der Waals surface area contributed by atoms with E-state index in [-0.39, 0.29) is 18.1 Å². The molecule has 1 aromatic carbocycles. The van der Waals surface area contributed by atoms with Gasteiger partial charge in [0.05, 0.1) is 5.75 Å². The molecular formula is C23H22N4O3S2. The summed E-state index contributed by atoms with van der Waals surface area (Å²) in [7, 11) is 0. The zero-order chi connectivity index (χ0) is 22.2. The number of aliphatic carboxylic acids is 1. The molecule has 0 saturated carbocycles. The molecule has 9 heteroatoms. The van der Waals surface area contributed by atoms with Crippen molar-refractivity contribution >= 4 is 56.1 Å². The van der Waals surface area contributed by atoms with Gasteiger partial charge in [-0.3, -0.25) is 4.79 Å². The summed E-state index contributed by atoms with van der Waals surface area (Å²) in [5, 5.41) is 15.2. The van der Waals surface area contributed by atoms with Gasteiger partial charge in [-0.1, -0.05) is 30.0 Å². The summed E-state index contributed by atoms with van der Waals surface area (Å²) in [5.74, 6) is -0.584. The number of H-pyrrole nitrogens is 1. The fourth-order valence-electron chi connectivity index (χ4n) is 4.26. The molecule has 0 spiro atoms. The van der Waals surface area contributed by atoms with E-state index in [1.54, 1.807) is 17.5 Å². The van der Waals surface area contributed by atoms with Gasteiger partial charge in [-0.2, -0.15) is 0 Å². The van der Waals surface area contributed by atoms with Crippen LogP contribution in [0.1, 0.15) is 28.2 Å². The van der Waals surface area contributed by atoms with E-state index >= 15 is 0 Å². The number of hydrogen-bond donors (Lipinski definition) is 3. The highest BCUT2D eigenvalue weighted by atomic mass is 32.2. The molecule has 0 bridgehead atoms. The Hall–Kier alpha value is -2.91. The van der Waals surface area contributed by atoms with Crippen molar-refractivity contribution in [1.29, 1.82) is 0 Å². The van der Waals surface area contributed by atoms with Crippen molar-refractivity contribution in [3.05, 3.63) is 52.3 Å². The lowest BCUT2D eigenvalue weighted by Crippen LogP contribution is -2.43. The van der Waals surface area contributed by atoms with E-state index in [2.05, 4.69) is 20.3 Å². The third-order valence-electron chi connectivity index (χ3n) is 5.72. The first-order valence-electron chi connectivity index (χ1n) is 10.5. The van der Waals surface area contributed by atoms with Gasteiger partial charge >= 0.3 is 5.97 Å². The maximum atomic E-state index is 12.7. The molecule has 3 aromatic heterocycles. The summed E-state index contributed by atoms with van der Waals surface area (Å²) in [6, 6.07) is 6.72. The summed E-state index contributed by atoms with van der Waals surface area (Å²) in [6.45, 7) is 1.86. The van der Waals surface area contributed by atoms with Crippen LogP contribution in [0.15, 0.2) is 35.5 Å². The van der Waals surface area contributed by atoms with Crippen LogP contribution in [-0.2, 0) is 28.9 Å². The third-order valence-corrected chi connectivity index (χ3v) is 7.88. The van der Waals surface area contributed by atoms with Crippen molar-refractivity contribution in [1.82, 2.24) is 20.3 Å². The molecule has 3 heterocycles. The van der Waals surface area contributed by atoms with Gasteiger partial charge in [0, 0.05) is 33.8 Å². The number of carboxylic acids is 1. The highest BCUT2D eigenvalue weighted by Gasteiger charge is 2.24. The quantitative estimate of drug-likeness (QED) is 0.282. The molecule has 4 aromatic rings. The van der Waals surface area contributed by atoms with Crippen molar-refractivity contribution < 1.29 is 14.7 Å². The molecule has 0 saturated heterocycles. The first-order chi connectivity index (χ1) is 15.5. The third kappa shape index (κ3) is 3.98. The minimum atomic E-state index is -1.05. The van der Waals surface area contributed by atoms with Crippen LogP contribution in [0.3, 0.4) is 0 Å². The number of nitrogens with one attached hydrogen (secondary N) is 2. The van der Waals surface area contributed by atoms with Crippen LogP contribution in [0, 0.1) is 6.92 Å². The number of carboxylic acid groups (broad SMARTS) is 1. The predicted molar refractivity (Wildman–Crippen MR) is 126 cm³/mol. The highest BCUT2D eigenvalue weighted by Crippen LogP contribution is 2.40. The Morgan fingerprint density at radius 3 is 2.97 bits per heavy atom. The number of thiophene rings is 1. The van der Waals surface area contributed by atoms with Gasteiger partial charge in [-0.05, 0) is 43.4 Å². The molecule has 164 valence electrons.